The summed E-state index contributed by atoms with van der Waals surface area (Å²) in [5.74, 6) is 0.0121. The fraction of sp³-hybridized carbons (Fsp3) is 0.316. The van der Waals surface area contributed by atoms with Gasteiger partial charge in [-0.1, -0.05) is 41.4 Å². The van der Waals surface area contributed by atoms with Gasteiger partial charge in [-0.05, 0) is 62.7 Å². The average molecular weight is 329 g/mol. The van der Waals surface area contributed by atoms with Crippen molar-refractivity contribution >= 4 is 23.2 Å². The van der Waals surface area contributed by atoms with Crippen LogP contribution in [-0.4, -0.2) is 23.9 Å². The molecule has 3 rings (SSSR count). The van der Waals surface area contributed by atoms with Crippen molar-refractivity contribution in [1.82, 2.24) is 4.90 Å². The number of likely N-dealkylation sites (tertiary alicyclic amines) is 1. The maximum atomic E-state index is 12.9. The fourth-order valence-electron chi connectivity index (χ4n) is 3.02. The van der Waals surface area contributed by atoms with Crippen molar-refractivity contribution in [2.24, 2.45) is 0 Å². The van der Waals surface area contributed by atoms with Gasteiger partial charge in [-0.2, -0.15) is 0 Å². The summed E-state index contributed by atoms with van der Waals surface area (Å²) in [5, 5.41) is 3.73. The van der Waals surface area contributed by atoms with Crippen molar-refractivity contribution in [2.75, 3.05) is 18.4 Å². The van der Waals surface area contributed by atoms with Gasteiger partial charge in [0.1, 0.15) is 6.04 Å². The molecular weight excluding hydrogens is 308 g/mol. The van der Waals surface area contributed by atoms with Crippen LogP contribution in [0.1, 0.15) is 30.0 Å². The molecule has 1 amide bonds. The number of benzene rings is 2. The second-order valence-corrected chi connectivity index (χ2v) is 6.49. The van der Waals surface area contributed by atoms with Gasteiger partial charge < -0.3 is 5.32 Å². The molecule has 1 aliphatic heterocycles. The van der Waals surface area contributed by atoms with Gasteiger partial charge in [0.25, 0.3) is 0 Å². The van der Waals surface area contributed by atoms with Crippen molar-refractivity contribution in [3.63, 3.8) is 0 Å². The smallest absolute Gasteiger partial charge is 0.246 e. The number of rotatable bonds is 4. The third-order valence-electron chi connectivity index (χ3n) is 4.26. The fourth-order valence-corrected chi connectivity index (χ4v) is 3.15. The molecule has 0 spiro atoms. The molecule has 23 heavy (non-hydrogen) atoms. The van der Waals surface area contributed by atoms with Crippen molar-refractivity contribution in [3.8, 4) is 0 Å². The first-order valence-electron chi connectivity index (χ1n) is 8.00. The Balaban J connectivity index is 1.83. The van der Waals surface area contributed by atoms with Crippen LogP contribution in [0.15, 0.2) is 48.5 Å². The highest BCUT2D eigenvalue weighted by atomic mass is 35.5. The Kier molecular flexibility index (Phi) is 4.99. The number of halogens is 1. The molecule has 120 valence electrons. The van der Waals surface area contributed by atoms with Gasteiger partial charge in [0.15, 0.2) is 0 Å². The standard InChI is InChI=1S/C19H21ClN2O/c1-14-4-10-17(11-5-14)21-19(23)18(22-12-2-3-13-22)15-6-8-16(20)9-7-15/h4-11,18H,2-3,12-13H2,1H3,(H,21,23). The van der Waals surface area contributed by atoms with Crippen LogP contribution in [0.5, 0.6) is 0 Å². The number of hydrogen-bond donors (Lipinski definition) is 1. The monoisotopic (exact) mass is 328 g/mol. The molecule has 1 fully saturated rings. The van der Waals surface area contributed by atoms with Crippen LogP contribution >= 0.6 is 11.6 Å². The normalized spacial score (nSPS) is 16.3. The number of amides is 1. The topological polar surface area (TPSA) is 32.3 Å². The van der Waals surface area contributed by atoms with E-state index in [4.69, 9.17) is 11.6 Å². The van der Waals surface area contributed by atoms with E-state index >= 15 is 0 Å². The zero-order valence-corrected chi connectivity index (χ0v) is 14.0. The minimum Gasteiger partial charge on any atom is -0.324 e. The van der Waals surface area contributed by atoms with Gasteiger partial charge in [-0.25, -0.2) is 0 Å². The number of hydrogen-bond acceptors (Lipinski definition) is 2. The Labute approximate surface area is 142 Å². The van der Waals surface area contributed by atoms with E-state index in [1.54, 1.807) is 0 Å². The molecule has 3 nitrogen and oxygen atoms in total. The van der Waals surface area contributed by atoms with Gasteiger partial charge in [0.2, 0.25) is 5.91 Å². The van der Waals surface area contributed by atoms with Crippen LogP contribution in [0, 0.1) is 6.92 Å². The first kappa shape index (κ1) is 16.0. The van der Waals surface area contributed by atoms with E-state index < -0.39 is 0 Å². The minimum atomic E-state index is -0.268. The Bertz CT molecular complexity index is 661. The molecule has 1 atom stereocenters. The molecule has 2 aromatic rings. The lowest BCUT2D eigenvalue weighted by atomic mass is 10.0. The van der Waals surface area contributed by atoms with Gasteiger partial charge in [-0.3, -0.25) is 9.69 Å². The summed E-state index contributed by atoms with van der Waals surface area (Å²) in [7, 11) is 0. The Morgan fingerprint density at radius 2 is 1.65 bits per heavy atom. The summed E-state index contributed by atoms with van der Waals surface area (Å²) in [6.07, 6.45) is 2.28. The Hall–Kier alpha value is -1.84. The third kappa shape index (κ3) is 3.92. The zero-order valence-electron chi connectivity index (χ0n) is 13.3. The van der Waals surface area contributed by atoms with E-state index in [9.17, 15) is 4.79 Å². The summed E-state index contributed by atoms with van der Waals surface area (Å²) in [4.78, 5) is 15.1. The highest BCUT2D eigenvalue weighted by molar-refractivity contribution is 6.30. The van der Waals surface area contributed by atoms with Gasteiger partial charge in [0.05, 0.1) is 0 Å². The van der Waals surface area contributed by atoms with Crippen LogP contribution in [0.25, 0.3) is 0 Å². The molecule has 2 aromatic carbocycles. The largest absolute Gasteiger partial charge is 0.324 e. The average Bonchev–Trinajstić information content (AvgIpc) is 3.06. The van der Waals surface area contributed by atoms with Crippen LogP contribution in [0.2, 0.25) is 5.02 Å². The third-order valence-corrected chi connectivity index (χ3v) is 4.51. The number of carbonyl (C=O) groups excluding carboxylic acids is 1. The molecule has 0 saturated carbocycles. The second kappa shape index (κ2) is 7.16. The SMILES string of the molecule is Cc1ccc(NC(=O)C(c2ccc(Cl)cc2)N2CCCC2)cc1. The molecule has 1 saturated heterocycles. The molecule has 0 aliphatic carbocycles. The molecule has 0 aromatic heterocycles. The van der Waals surface area contributed by atoms with E-state index in [0.717, 1.165) is 37.2 Å². The summed E-state index contributed by atoms with van der Waals surface area (Å²) in [6.45, 7) is 3.94. The van der Waals surface area contributed by atoms with Crippen LogP contribution in [-0.2, 0) is 4.79 Å². The molecule has 0 radical (unpaired) electrons. The maximum Gasteiger partial charge on any atom is 0.246 e. The minimum absolute atomic E-state index is 0.0121. The molecule has 0 bridgehead atoms. The quantitative estimate of drug-likeness (QED) is 0.900. The summed E-state index contributed by atoms with van der Waals surface area (Å²) in [5.41, 5.74) is 3.00. The van der Waals surface area contributed by atoms with Gasteiger partial charge >= 0.3 is 0 Å². The molecular formula is C19H21ClN2O. The van der Waals surface area contributed by atoms with E-state index in [0.29, 0.717) is 5.02 Å². The first-order chi connectivity index (χ1) is 11.1. The number of anilines is 1. The molecule has 1 unspecified atom stereocenters. The molecule has 4 heteroatoms. The van der Waals surface area contributed by atoms with E-state index in [-0.39, 0.29) is 11.9 Å². The summed E-state index contributed by atoms with van der Waals surface area (Å²) < 4.78 is 0. The molecule has 1 aliphatic rings. The van der Waals surface area contributed by atoms with Gasteiger partial charge in [-0.15, -0.1) is 0 Å². The summed E-state index contributed by atoms with van der Waals surface area (Å²) in [6, 6.07) is 15.2. The predicted molar refractivity (Wildman–Crippen MR) is 94.8 cm³/mol. The zero-order chi connectivity index (χ0) is 16.2. The first-order valence-corrected chi connectivity index (χ1v) is 8.38. The van der Waals surface area contributed by atoms with E-state index in [1.807, 2.05) is 55.5 Å². The van der Waals surface area contributed by atoms with Crippen molar-refractivity contribution in [1.29, 1.82) is 0 Å². The van der Waals surface area contributed by atoms with E-state index in [2.05, 4.69) is 10.2 Å². The van der Waals surface area contributed by atoms with Crippen molar-refractivity contribution in [3.05, 3.63) is 64.7 Å². The molecule has 1 N–H and O–H groups in total. The van der Waals surface area contributed by atoms with E-state index in [1.165, 1.54) is 5.56 Å². The molecule has 1 heterocycles. The number of aryl methyl sites for hydroxylation is 1. The lowest BCUT2D eigenvalue weighted by molar-refractivity contribution is -0.121. The van der Waals surface area contributed by atoms with Crippen molar-refractivity contribution in [2.45, 2.75) is 25.8 Å². The lowest BCUT2D eigenvalue weighted by Crippen LogP contribution is -2.35. The highest BCUT2D eigenvalue weighted by Gasteiger charge is 2.29. The number of nitrogens with one attached hydrogen (secondary N) is 1. The number of nitrogens with zero attached hydrogens (tertiary/aromatic N) is 1. The predicted octanol–water partition coefficient (Wildman–Crippen LogP) is 4.42. The van der Waals surface area contributed by atoms with Crippen molar-refractivity contribution < 1.29 is 4.79 Å². The Morgan fingerprint density at radius 1 is 1.04 bits per heavy atom. The maximum absolute atomic E-state index is 12.9. The second-order valence-electron chi connectivity index (χ2n) is 6.05. The lowest BCUT2D eigenvalue weighted by Gasteiger charge is -2.27. The van der Waals surface area contributed by atoms with Crippen LogP contribution in [0.4, 0.5) is 5.69 Å². The van der Waals surface area contributed by atoms with Gasteiger partial charge in [0, 0.05) is 10.7 Å². The highest BCUT2D eigenvalue weighted by Crippen LogP contribution is 2.27. The number of carbonyl (C=O) groups is 1. The van der Waals surface area contributed by atoms with Crippen LogP contribution < -0.4 is 5.32 Å². The summed E-state index contributed by atoms with van der Waals surface area (Å²) >= 11 is 5.99. The Morgan fingerprint density at radius 3 is 2.26 bits per heavy atom. The van der Waals surface area contributed by atoms with Crippen LogP contribution in [0.3, 0.4) is 0 Å².